The van der Waals surface area contributed by atoms with Crippen LogP contribution < -0.4 is 10.6 Å². The number of nitrogens with two attached hydrogens (primary N) is 1. The van der Waals surface area contributed by atoms with Crippen LogP contribution in [-0.2, 0) is 0 Å². The van der Waals surface area contributed by atoms with E-state index in [0.717, 1.165) is 43.4 Å². The lowest BCUT2D eigenvalue weighted by atomic mass is 9.99. The Morgan fingerprint density at radius 1 is 1.47 bits per heavy atom. The van der Waals surface area contributed by atoms with E-state index in [9.17, 15) is 0 Å². The highest BCUT2D eigenvalue weighted by Crippen LogP contribution is 2.21. The van der Waals surface area contributed by atoms with Crippen molar-refractivity contribution in [2.75, 3.05) is 24.5 Å². The van der Waals surface area contributed by atoms with Crippen LogP contribution in [0.4, 0.5) is 5.95 Å². The Morgan fingerprint density at radius 2 is 2.42 bits per heavy atom. The van der Waals surface area contributed by atoms with E-state index < -0.39 is 0 Å². The van der Waals surface area contributed by atoms with Gasteiger partial charge in [0, 0.05) is 31.0 Å². The summed E-state index contributed by atoms with van der Waals surface area (Å²) < 4.78 is 0. The summed E-state index contributed by atoms with van der Waals surface area (Å²) in [7, 11) is 0. The van der Waals surface area contributed by atoms with Crippen molar-refractivity contribution in [1.29, 1.82) is 0 Å². The molecular weight excluding hydrogens is 240 g/mol. The van der Waals surface area contributed by atoms with E-state index in [1.54, 1.807) is 12.4 Å². The van der Waals surface area contributed by atoms with Gasteiger partial charge in [0.2, 0.25) is 5.95 Å². The maximum absolute atomic E-state index is 5.76. The third-order valence-corrected chi connectivity index (χ3v) is 3.54. The Kier molecular flexibility index (Phi) is 3.41. The number of aromatic nitrogens is 4. The van der Waals surface area contributed by atoms with Gasteiger partial charge in [-0.3, -0.25) is 10.1 Å². The number of rotatable bonds is 3. The van der Waals surface area contributed by atoms with Crippen molar-refractivity contribution < 1.29 is 0 Å². The van der Waals surface area contributed by atoms with Gasteiger partial charge in [-0.1, -0.05) is 0 Å². The molecule has 0 spiro atoms. The molecule has 6 nitrogen and oxygen atoms in total. The summed E-state index contributed by atoms with van der Waals surface area (Å²) in [6, 6.07) is 3.86. The van der Waals surface area contributed by atoms with Crippen LogP contribution in [0.5, 0.6) is 0 Å². The Morgan fingerprint density at radius 3 is 3.21 bits per heavy atom. The average molecular weight is 258 g/mol. The quantitative estimate of drug-likeness (QED) is 0.859. The molecule has 3 N–H and O–H groups in total. The largest absolute Gasteiger partial charge is 0.339 e. The Labute approximate surface area is 112 Å². The van der Waals surface area contributed by atoms with Gasteiger partial charge >= 0.3 is 0 Å². The van der Waals surface area contributed by atoms with E-state index in [-0.39, 0.29) is 0 Å². The number of H-pyrrole nitrogens is 1. The monoisotopic (exact) mass is 258 g/mol. The van der Waals surface area contributed by atoms with E-state index in [2.05, 4.69) is 25.1 Å². The molecule has 3 rings (SSSR count). The van der Waals surface area contributed by atoms with Gasteiger partial charge in [-0.05, 0) is 37.4 Å². The van der Waals surface area contributed by atoms with E-state index in [1.165, 1.54) is 6.42 Å². The minimum absolute atomic E-state index is 0.550. The van der Waals surface area contributed by atoms with Crippen molar-refractivity contribution in [2.24, 2.45) is 11.7 Å². The van der Waals surface area contributed by atoms with Gasteiger partial charge in [-0.2, -0.15) is 4.98 Å². The molecule has 0 bridgehead atoms. The maximum atomic E-state index is 5.76. The van der Waals surface area contributed by atoms with Gasteiger partial charge in [0.05, 0.1) is 0 Å². The summed E-state index contributed by atoms with van der Waals surface area (Å²) in [6.07, 6.45) is 5.88. The molecule has 19 heavy (non-hydrogen) atoms. The summed E-state index contributed by atoms with van der Waals surface area (Å²) in [5.74, 6) is 2.07. The maximum Gasteiger partial charge on any atom is 0.245 e. The van der Waals surface area contributed by atoms with E-state index in [1.807, 2.05) is 12.1 Å². The van der Waals surface area contributed by atoms with Crippen molar-refractivity contribution in [3.63, 3.8) is 0 Å². The highest BCUT2D eigenvalue weighted by Gasteiger charge is 2.21. The molecule has 1 aliphatic rings. The number of nitrogens with one attached hydrogen (secondary N) is 1. The lowest BCUT2D eigenvalue weighted by Gasteiger charge is -2.31. The Hall–Kier alpha value is -1.95. The van der Waals surface area contributed by atoms with Crippen LogP contribution in [-0.4, -0.2) is 39.8 Å². The molecule has 0 aliphatic carbocycles. The third kappa shape index (κ3) is 2.58. The minimum Gasteiger partial charge on any atom is -0.339 e. The number of piperidine rings is 1. The van der Waals surface area contributed by atoms with Gasteiger partial charge in [-0.25, -0.2) is 0 Å². The molecule has 1 atom stereocenters. The number of hydrogen-bond acceptors (Lipinski definition) is 5. The molecule has 2 aromatic heterocycles. The highest BCUT2D eigenvalue weighted by atomic mass is 15.4. The first-order valence-corrected chi connectivity index (χ1v) is 6.64. The first kappa shape index (κ1) is 12.1. The second kappa shape index (κ2) is 5.36. The number of hydrogen-bond donors (Lipinski definition) is 2. The van der Waals surface area contributed by atoms with Gasteiger partial charge in [0.15, 0.2) is 5.82 Å². The van der Waals surface area contributed by atoms with Crippen molar-refractivity contribution in [3.05, 3.63) is 24.5 Å². The summed E-state index contributed by atoms with van der Waals surface area (Å²) in [5.41, 5.74) is 6.71. The number of anilines is 1. The normalized spacial score (nSPS) is 19.6. The molecule has 0 amide bonds. The van der Waals surface area contributed by atoms with Gasteiger partial charge in [0.1, 0.15) is 0 Å². The number of aromatic amines is 1. The molecule has 1 aliphatic heterocycles. The molecule has 2 aromatic rings. The predicted molar refractivity (Wildman–Crippen MR) is 73.6 cm³/mol. The van der Waals surface area contributed by atoms with Crippen molar-refractivity contribution in [3.8, 4) is 11.4 Å². The predicted octanol–water partition coefficient (Wildman–Crippen LogP) is 1.04. The fourth-order valence-corrected chi connectivity index (χ4v) is 2.47. The molecule has 1 unspecified atom stereocenters. The van der Waals surface area contributed by atoms with Crippen LogP contribution in [0.25, 0.3) is 11.4 Å². The van der Waals surface area contributed by atoms with Crippen molar-refractivity contribution in [1.82, 2.24) is 20.2 Å². The van der Waals surface area contributed by atoms with Gasteiger partial charge in [-0.15, -0.1) is 5.10 Å². The number of nitrogens with zero attached hydrogens (tertiary/aromatic N) is 4. The fourth-order valence-electron chi connectivity index (χ4n) is 2.47. The topological polar surface area (TPSA) is 83.7 Å². The number of pyridine rings is 1. The fraction of sp³-hybridized carbons (Fsp3) is 0.462. The molecule has 100 valence electrons. The summed E-state index contributed by atoms with van der Waals surface area (Å²) in [6.45, 7) is 2.68. The SMILES string of the molecule is NCC1CCCN(c2n[nH]c(-c3cccnc3)n2)C1. The molecule has 6 heteroatoms. The van der Waals surface area contributed by atoms with Crippen LogP contribution in [0.15, 0.2) is 24.5 Å². The first-order valence-electron chi connectivity index (χ1n) is 6.64. The molecule has 3 heterocycles. The van der Waals surface area contributed by atoms with E-state index in [0.29, 0.717) is 5.92 Å². The standard InChI is InChI=1S/C13H18N6/c14-7-10-3-2-6-19(9-10)13-16-12(17-18-13)11-4-1-5-15-8-11/h1,4-5,8,10H,2-3,6-7,9,14H2,(H,16,17,18). The molecule has 1 fully saturated rings. The Bertz CT molecular complexity index is 523. The second-order valence-electron chi connectivity index (χ2n) is 4.92. The van der Waals surface area contributed by atoms with Crippen LogP contribution in [0, 0.1) is 5.92 Å². The molecule has 0 saturated carbocycles. The van der Waals surface area contributed by atoms with Crippen LogP contribution in [0.1, 0.15) is 12.8 Å². The smallest absolute Gasteiger partial charge is 0.245 e. The lowest BCUT2D eigenvalue weighted by Crippen LogP contribution is -2.38. The molecule has 0 aromatic carbocycles. The molecule has 0 radical (unpaired) electrons. The minimum atomic E-state index is 0.550. The van der Waals surface area contributed by atoms with Gasteiger partial charge < -0.3 is 10.6 Å². The van der Waals surface area contributed by atoms with Crippen LogP contribution in [0.3, 0.4) is 0 Å². The Balaban J connectivity index is 1.78. The second-order valence-corrected chi connectivity index (χ2v) is 4.92. The molecule has 1 saturated heterocycles. The van der Waals surface area contributed by atoms with Crippen LogP contribution >= 0.6 is 0 Å². The average Bonchev–Trinajstić information content (AvgIpc) is 2.98. The highest BCUT2D eigenvalue weighted by molar-refractivity contribution is 5.54. The summed E-state index contributed by atoms with van der Waals surface area (Å²) in [4.78, 5) is 10.8. The summed E-state index contributed by atoms with van der Waals surface area (Å²) >= 11 is 0. The first-order chi connectivity index (χ1) is 9.36. The van der Waals surface area contributed by atoms with E-state index in [4.69, 9.17) is 5.73 Å². The van der Waals surface area contributed by atoms with Gasteiger partial charge in [0.25, 0.3) is 0 Å². The van der Waals surface area contributed by atoms with Crippen molar-refractivity contribution in [2.45, 2.75) is 12.8 Å². The van der Waals surface area contributed by atoms with Crippen molar-refractivity contribution >= 4 is 5.95 Å². The zero-order valence-electron chi connectivity index (χ0n) is 10.8. The zero-order valence-corrected chi connectivity index (χ0v) is 10.8. The lowest BCUT2D eigenvalue weighted by molar-refractivity contribution is 0.420. The zero-order chi connectivity index (χ0) is 13.1. The molecular formula is C13H18N6. The third-order valence-electron chi connectivity index (χ3n) is 3.54. The summed E-state index contributed by atoms with van der Waals surface area (Å²) in [5, 5.41) is 7.28. The van der Waals surface area contributed by atoms with E-state index >= 15 is 0 Å². The van der Waals surface area contributed by atoms with Crippen LogP contribution in [0.2, 0.25) is 0 Å².